The van der Waals surface area contributed by atoms with Crippen LogP contribution in [0.3, 0.4) is 0 Å². The van der Waals surface area contributed by atoms with Crippen LogP contribution in [-0.4, -0.2) is 20.5 Å². The molecule has 0 saturated heterocycles. The molecule has 9 heteroatoms. The Bertz CT molecular complexity index is 1080. The Kier molecular flexibility index (Phi) is 6.04. The number of thiophene rings is 1. The number of hydrogen-bond donors (Lipinski definition) is 1. The van der Waals surface area contributed by atoms with Crippen LogP contribution in [0.5, 0.6) is 0 Å². The van der Waals surface area contributed by atoms with Gasteiger partial charge in [0.2, 0.25) is 0 Å². The Hall–Kier alpha value is -2.49. The second-order valence-corrected chi connectivity index (χ2v) is 9.09. The Balaban J connectivity index is 1.69. The minimum atomic E-state index is -3.62. The molecule has 2 aromatic carbocycles. The van der Waals surface area contributed by atoms with Gasteiger partial charge in [-0.1, -0.05) is 46.3 Å². The van der Waals surface area contributed by atoms with E-state index in [1.165, 1.54) is 36.5 Å². The molecule has 0 aliphatic heterocycles. The van der Waals surface area contributed by atoms with E-state index in [0.717, 1.165) is 21.4 Å². The maximum Gasteiger partial charge on any atom is 0.271 e. The molecule has 3 rings (SSSR count). The highest BCUT2D eigenvalue weighted by Gasteiger charge is 2.14. The summed E-state index contributed by atoms with van der Waals surface area (Å²) in [7, 11) is -3.62. The molecular weight excluding hydrogens is 450 g/mol. The van der Waals surface area contributed by atoms with Crippen LogP contribution in [0.4, 0.5) is 5.69 Å². The summed E-state index contributed by atoms with van der Waals surface area (Å²) in [5.74, 6) is -0.520. The van der Waals surface area contributed by atoms with E-state index in [0.29, 0.717) is 11.3 Å². The van der Waals surface area contributed by atoms with Crippen molar-refractivity contribution in [2.24, 2.45) is 10.2 Å². The van der Waals surface area contributed by atoms with Crippen LogP contribution in [0.15, 0.2) is 84.9 Å². The number of hydrogen-bond acceptors (Lipinski definition) is 6. The first-order valence-electron chi connectivity index (χ1n) is 7.64. The summed E-state index contributed by atoms with van der Waals surface area (Å²) in [5, 5.41) is 21.2. The Morgan fingerprint density at radius 1 is 1.11 bits per heavy atom. The van der Waals surface area contributed by atoms with Crippen LogP contribution in [0.1, 0.15) is 11.1 Å². The molecule has 0 atom stereocenters. The standard InChI is InChI=1S/C18H14BrN3O3S2/c19-15-4-1-3-13(11-15)12-20-21-18(23)14-6-8-16(9-7-14)22-27(24,25)17-5-2-10-26-17/h1-12,22H,(H,21,23)/p-1/b20-12-. The lowest BCUT2D eigenvalue weighted by molar-refractivity contribution is -0.213. The van der Waals surface area contributed by atoms with Crippen molar-refractivity contribution in [1.29, 1.82) is 0 Å². The molecular formula is C18H13BrN3O3S2-. The smallest absolute Gasteiger partial charge is 0.271 e. The summed E-state index contributed by atoms with van der Waals surface area (Å²) in [6, 6.07) is 16.6. The second kappa shape index (κ2) is 8.47. The third-order valence-corrected chi connectivity index (χ3v) is 6.62. The second-order valence-electron chi connectivity index (χ2n) is 5.32. The third-order valence-electron chi connectivity index (χ3n) is 3.35. The van der Waals surface area contributed by atoms with Crippen LogP contribution in [0.2, 0.25) is 0 Å². The lowest BCUT2D eigenvalue weighted by atomic mass is 10.2. The largest absolute Gasteiger partial charge is 0.857 e. The first kappa shape index (κ1) is 19.3. The lowest BCUT2D eigenvalue weighted by Gasteiger charge is -2.10. The monoisotopic (exact) mass is 462 g/mol. The van der Waals surface area contributed by atoms with Gasteiger partial charge in [-0.25, -0.2) is 8.42 Å². The van der Waals surface area contributed by atoms with E-state index >= 15 is 0 Å². The van der Waals surface area contributed by atoms with Crippen molar-refractivity contribution < 1.29 is 13.5 Å². The summed E-state index contributed by atoms with van der Waals surface area (Å²) >= 11 is 4.48. The van der Waals surface area contributed by atoms with Crippen LogP contribution in [0, 0.1) is 0 Å². The van der Waals surface area contributed by atoms with E-state index in [1.807, 2.05) is 24.3 Å². The van der Waals surface area contributed by atoms with Crippen molar-refractivity contribution in [3.05, 3.63) is 81.6 Å². The molecule has 1 heterocycles. The van der Waals surface area contributed by atoms with Crippen LogP contribution in [-0.2, 0) is 10.0 Å². The minimum absolute atomic E-state index is 0.222. The van der Waals surface area contributed by atoms with Gasteiger partial charge in [0.25, 0.3) is 10.0 Å². The third kappa shape index (κ3) is 5.25. The quantitative estimate of drug-likeness (QED) is 0.345. The number of anilines is 1. The number of nitrogens with one attached hydrogen (secondary N) is 1. The number of benzene rings is 2. The highest BCUT2D eigenvalue weighted by Crippen LogP contribution is 2.20. The maximum absolute atomic E-state index is 12.2. The van der Waals surface area contributed by atoms with Gasteiger partial charge in [0.1, 0.15) is 4.21 Å². The Labute approximate surface area is 169 Å². The summed E-state index contributed by atoms with van der Waals surface area (Å²) < 4.78 is 27.9. The molecule has 0 spiro atoms. The molecule has 0 aliphatic carbocycles. The SMILES string of the molecule is O=S(=O)(Nc1ccc(C([O-])=N/N=C\c2cccc(Br)c2)cc1)c1cccs1. The zero-order valence-corrected chi connectivity index (χ0v) is 17.0. The molecule has 0 fully saturated rings. The topological polar surface area (TPSA) is 94.0 Å². The number of rotatable bonds is 6. The number of halogens is 1. The lowest BCUT2D eigenvalue weighted by Crippen LogP contribution is -2.18. The molecule has 27 heavy (non-hydrogen) atoms. The normalized spacial score (nSPS) is 12.4. The van der Waals surface area contributed by atoms with Gasteiger partial charge in [-0.2, -0.15) is 10.2 Å². The van der Waals surface area contributed by atoms with Crippen molar-refractivity contribution in [2.45, 2.75) is 4.21 Å². The van der Waals surface area contributed by atoms with Gasteiger partial charge < -0.3 is 5.11 Å². The minimum Gasteiger partial charge on any atom is -0.857 e. The van der Waals surface area contributed by atoms with Crippen LogP contribution >= 0.6 is 27.3 Å². The number of sulfonamides is 1. The maximum atomic E-state index is 12.2. The summed E-state index contributed by atoms with van der Waals surface area (Å²) in [4.78, 5) is 0. The fourth-order valence-electron chi connectivity index (χ4n) is 2.10. The summed E-state index contributed by atoms with van der Waals surface area (Å²) in [5.41, 5.74) is 1.47. The highest BCUT2D eigenvalue weighted by molar-refractivity contribution is 9.10. The van der Waals surface area contributed by atoms with Crippen molar-refractivity contribution in [3.8, 4) is 0 Å². The van der Waals surface area contributed by atoms with E-state index in [1.54, 1.807) is 11.4 Å². The molecule has 0 aliphatic rings. The molecule has 0 radical (unpaired) electrons. The van der Waals surface area contributed by atoms with Crippen molar-refractivity contribution in [3.63, 3.8) is 0 Å². The van der Waals surface area contributed by atoms with Gasteiger partial charge in [-0.05, 0) is 46.8 Å². The molecule has 138 valence electrons. The zero-order valence-electron chi connectivity index (χ0n) is 13.7. The van der Waals surface area contributed by atoms with Crippen LogP contribution < -0.4 is 9.83 Å². The molecule has 1 N–H and O–H groups in total. The van der Waals surface area contributed by atoms with Gasteiger partial charge in [0.05, 0.1) is 6.21 Å². The van der Waals surface area contributed by atoms with Gasteiger partial charge >= 0.3 is 0 Å². The molecule has 0 saturated carbocycles. The van der Waals surface area contributed by atoms with E-state index < -0.39 is 15.9 Å². The molecule has 0 unspecified atom stereocenters. The summed E-state index contributed by atoms with van der Waals surface area (Å²) in [6.07, 6.45) is 1.48. The zero-order chi connectivity index (χ0) is 19.3. The Morgan fingerprint density at radius 3 is 2.56 bits per heavy atom. The molecule has 0 bridgehead atoms. The van der Waals surface area contributed by atoms with E-state index in [9.17, 15) is 13.5 Å². The van der Waals surface area contributed by atoms with Gasteiger partial charge in [-0.3, -0.25) is 4.72 Å². The van der Waals surface area contributed by atoms with E-state index in [-0.39, 0.29) is 4.21 Å². The van der Waals surface area contributed by atoms with E-state index in [2.05, 4.69) is 30.9 Å². The van der Waals surface area contributed by atoms with Gasteiger partial charge in [-0.15, -0.1) is 11.3 Å². The molecule has 3 aromatic rings. The fraction of sp³-hybridized carbons (Fsp3) is 0. The molecule has 0 amide bonds. The highest BCUT2D eigenvalue weighted by atomic mass is 79.9. The van der Waals surface area contributed by atoms with Gasteiger partial charge in [0, 0.05) is 16.1 Å². The van der Waals surface area contributed by atoms with E-state index in [4.69, 9.17) is 0 Å². The predicted octanol–water partition coefficient (Wildman–Crippen LogP) is 3.45. The van der Waals surface area contributed by atoms with Gasteiger partial charge in [0.15, 0.2) is 0 Å². The fourth-order valence-corrected chi connectivity index (χ4v) is 4.56. The van der Waals surface area contributed by atoms with Crippen molar-refractivity contribution >= 4 is 55.1 Å². The van der Waals surface area contributed by atoms with Crippen LogP contribution in [0.25, 0.3) is 0 Å². The molecule has 6 nitrogen and oxygen atoms in total. The first-order valence-corrected chi connectivity index (χ1v) is 10.8. The average Bonchev–Trinajstić information content (AvgIpc) is 3.18. The van der Waals surface area contributed by atoms with Crippen molar-refractivity contribution in [2.75, 3.05) is 4.72 Å². The predicted molar refractivity (Wildman–Crippen MR) is 110 cm³/mol. The summed E-state index contributed by atoms with van der Waals surface area (Å²) in [6.45, 7) is 0. The van der Waals surface area contributed by atoms with Crippen molar-refractivity contribution in [1.82, 2.24) is 0 Å². The first-order chi connectivity index (χ1) is 12.9. The molecule has 1 aromatic heterocycles. The average molecular weight is 463 g/mol. The Morgan fingerprint density at radius 2 is 1.89 bits per heavy atom. The number of nitrogens with zero attached hydrogens (tertiary/aromatic N) is 2.